The van der Waals surface area contributed by atoms with Gasteiger partial charge in [0.25, 0.3) is 5.91 Å². The Balaban J connectivity index is 2.31. The lowest BCUT2D eigenvalue weighted by Gasteiger charge is -2.15. The molecule has 2 rings (SSSR count). The molecule has 1 aliphatic heterocycles. The topological polar surface area (TPSA) is 89.7 Å². The maximum atomic E-state index is 13.7. The molecule has 0 aliphatic carbocycles. The third kappa shape index (κ3) is 2.94. The zero-order chi connectivity index (χ0) is 15.1. The first-order valence-corrected chi connectivity index (χ1v) is 7.97. The van der Waals surface area contributed by atoms with Crippen LogP contribution in [0.4, 0.5) is 4.39 Å². The number of amides is 1. The minimum Gasteiger partial charge on any atom is -0.479 e. The normalized spacial score (nSPS) is 19.5. The smallest absolute Gasteiger partial charge is 0.263 e. The predicted molar refractivity (Wildman–Crippen MR) is 72.1 cm³/mol. The molecule has 1 saturated heterocycles. The van der Waals surface area contributed by atoms with Gasteiger partial charge in [0.2, 0.25) is 10.0 Å². The molecule has 1 atom stereocenters. The van der Waals surface area contributed by atoms with E-state index in [-0.39, 0.29) is 16.1 Å². The standard InChI is InChI=1S/C11H12BrFN2O4S/c1-15-3-2-8(11(15)16)19-9-5-7(13)10(4-6(9)12)20(14,17)18/h4-5,8H,2-3H2,1H3,(H2,14,17,18). The van der Waals surface area contributed by atoms with Crippen LogP contribution in [0, 0.1) is 5.82 Å². The zero-order valence-electron chi connectivity index (χ0n) is 10.5. The van der Waals surface area contributed by atoms with Crippen LogP contribution in [-0.2, 0) is 14.8 Å². The van der Waals surface area contributed by atoms with Crippen molar-refractivity contribution in [2.45, 2.75) is 17.4 Å². The van der Waals surface area contributed by atoms with Gasteiger partial charge in [-0.2, -0.15) is 0 Å². The molecule has 0 aromatic heterocycles. The predicted octanol–water partition coefficient (Wildman–Crippen LogP) is 0.845. The first-order chi connectivity index (χ1) is 9.20. The van der Waals surface area contributed by atoms with Crippen LogP contribution >= 0.6 is 15.9 Å². The molecule has 6 nitrogen and oxygen atoms in total. The van der Waals surface area contributed by atoms with E-state index in [1.54, 1.807) is 7.05 Å². The molecule has 1 aromatic rings. The van der Waals surface area contributed by atoms with Crippen LogP contribution in [0.1, 0.15) is 6.42 Å². The number of carbonyl (C=O) groups is 1. The number of ether oxygens (including phenoxy) is 1. The highest BCUT2D eigenvalue weighted by Crippen LogP contribution is 2.31. The molecule has 0 radical (unpaired) electrons. The minimum absolute atomic E-state index is 0.0588. The molecule has 1 aliphatic rings. The summed E-state index contributed by atoms with van der Waals surface area (Å²) in [6.07, 6.45) is -0.212. The second-order valence-electron chi connectivity index (χ2n) is 4.41. The molecular formula is C11H12BrFN2O4S. The number of primary sulfonamides is 1. The fourth-order valence-electron chi connectivity index (χ4n) is 1.87. The van der Waals surface area contributed by atoms with Gasteiger partial charge in [-0.25, -0.2) is 17.9 Å². The molecule has 0 saturated carbocycles. The third-order valence-electron chi connectivity index (χ3n) is 2.94. The summed E-state index contributed by atoms with van der Waals surface area (Å²) in [5, 5.41) is 4.89. The molecule has 20 heavy (non-hydrogen) atoms. The third-order valence-corrected chi connectivity index (χ3v) is 4.49. The van der Waals surface area contributed by atoms with Gasteiger partial charge in [0, 0.05) is 26.1 Å². The van der Waals surface area contributed by atoms with E-state index >= 15 is 0 Å². The second kappa shape index (κ2) is 5.30. The van der Waals surface area contributed by atoms with Crippen molar-refractivity contribution in [3.05, 3.63) is 22.4 Å². The van der Waals surface area contributed by atoms with Crippen molar-refractivity contribution in [2.24, 2.45) is 5.14 Å². The summed E-state index contributed by atoms with van der Waals surface area (Å²) in [6.45, 7) is 0.554. The monoisotopic (exact) mass is 366 g/mol. The Morgan fingerprint density at radius 3 is 2.65 bits per heavy atom. The van der Waals surface area contributed by atoms with Crippen molar-refractivity contribution in [2.75, 3.05) is 13.6 Å². The number of likely N-dealkylation sites (tertiary alicyclic amines) is 1. The average molecular weight is 367 g/mol. The van der Waals surface area contributed by atoms with Gasteiger partial charge in [-0.3, -0.25) is 4.79 Å². The Bertz CT molecular complexity index is 665. The van der Waals surface area contributed by atoms with E-state index in [2.05, 4.69) is 15.9 Å². The Labute approximate surface area is 123 Å². The second-order valence-corrected chi connectivity index (χ2v) is 6.80. The largest absolute Gasteiger partial charge is 0.479 e. The van der Waals surface area contributed by atoms with Crippen molar-refractivity contribution in [1.82, 2.24) is 4.90 Å². The van der Waals surface area contributed by atoms with Crippen molar-refractivity contribution in [3.8, 4) is 5.75 Å². The lowest BCUT2D eigenvalue weighted by atomic mass is 10.3. The lowest BCUT2D eigenvalue weighted by Crippen LogP contribution is -2.29. The number of nitrogens with two attached hydrogens (primary N) is 1. The van der Waals surface area contributed by atoms with Crippen molar-refractivity contribution >= 4 is 31.9 Å². The highest BCUT2D eigenvalue weighted by molar-refractivity contribution is 9.10. The molecule has 9 heteroatoms. The molecule has 0 spiro atoms. The Hall–Kier alpha value is -1.19. The van der Waals surface area contributed by atoms with Gasteiger partial charge in [-0.05, 0) is 22.0 Å². The number of sulfonamides is 1. The maximum Gasteiger partial charge on any atom is 0.263 e. The number of nitrogens with zero attached hydrogens (tertiary/aromatic N) is 1. The van der Waals surface area contributed by atoms with E-state index in [0.717, 1.165) is 12.1 Å². The van der Waals surface area contributed by atoms with Gasteiger partial charge in [0.05, 0.1) is 4.47 Å². The number of hydrogen-bond acceptors (Lipinski definition) is 4. The Morgan fingerprint density at radius 2 is 2.15 bits per heavy atom. The fraction of sp³-hybridized carbons (Fsp3) is 0.364. The molecule has 1 heterocycles. The number of rotatable bonds is 3. The first-order valence-electron chi connectivity index (χ1n) is 5.63. The highest BCUT2D eigenvalue weighted by Gasteiger charge is 2.31. The zero-order valence-corrected chi connectivity index (χ0v) is 12.9. The summed E-state index contributed by atoms with van der Waals surface area (Å²) in [6, 6.07) is 1.92. The molecule has 1 unspecified atom stereocenters. The summed E-state index contributed by atoms with van der Waals surface area (Å²) in [7, 11) is -2.51. The van der Waals surface area contributed by atoms with Gasteiger partial charge in [0.15, 0.2) is 6.10 Å². The van der Waals surface area contributed by atoms with Crippen molar-refractivity contribution < 1.29 is 22.3 Å². The highest BCUT2D eigenvalue weighted by atomic mass is 79.9. The molecule has 0 bridgehead atoms. The van der Waals surface area contributed by atoms with Gasteiger partial charge < -0.3 is 9.64 Å². The number of halogens is 2. The molecule has 1 aromatic carbocycles. The summed E-state index contributed by atoms with van der Waals surface area (Å²) in [5.41, 5.74) is 0. The quantitative estimate of drug-likeness (QED) is 0.858. The molecule has 2 N–H and O–H groups in total. The molecule has 110 valence electrons. The van der Waals surface area contributed by atoms with Crippen LogP contribution < -0.4 is 9.88 Å². The van der Waals surface area contributed by atoms with Crippen molar-refractivity contribution in [3.63, 3.8) is 0 Å². The number of carbonyl (C=O) groups excluding carboxylic acids is 1. The lowest BCUT2D eigenvalue weighted by molar-refractivity contribution is -0.132. The number of hydrogen-bond donors (Lipinski definition) is 1. The summed E-state index contributed by atoms with van der Waals surface area (Å²) in [5.74, 6) is -1.17. The minimum atomic E-state index is -4.16. The Morgan fingerprint density at radius 1 is 1.50 bits per heavy atom. The van der Waals surface area contributed by atoms with Crippen LogP contribution in [0.25, 0.3) is 0 Å². The molecular weight excluding hydrogens is 355 g/mol. The summed E-state index contributed by atoms with van der Waals surface area (Å²) in [4.78, 5) is 12.6. The number of benzene rings is 1. The van der Waals surface area contributed by atoms with Gasteiger partial charge in [-0.1, -0.05) is 0 Å². The van der Waals surface area contributed by atoms with Crippen molar-refractivity contribution in [1.29, 1.82) is 0 Å². The SMILES string of the molecule is CN1CCC(Oc2cc(F)c(S(N)(=O)=O)cc2Br)C1=O. The van der Waals surface area contributed by atoms with E-state index in [1.165, 1.54) is 4.90 Å². The van der Waals surface area contributed by atoms with E-state index in [1.807, 2.05) is 0 Å². The van der Waals surface area contributed by atoms with E-state index < -0.39 is 26.8 Å². The first kappa shape index (κ1) is 15.2. The van der Waals surface area contributed by atoms with E-state index in [0.29, 0.717) is 13.0 Å². The van der Waals surface area contributed by atoms with Gasteiger partial charge >= 0.3 is 0 Å². The van der Waals surface area contributed by atoms with Crippen LogP contribution in [0.5, 0.6) is 5.75 Å². The Kier molecular flexibility index (Phi) is 4.03. The van der Waals surface area contributed by atoms with Crippen LogP contribution in [0.2, 0.25) is 0 Å². The summed E-state index contributed by atoms with van der Waals surface area (Å²) < 4.78 is 41.7. The van der Waals surface area contributed by atoms with Gasteiger partial charge in [-0.15, -0.1) is 0 Å². The van der Waals surface area contributed by atoms with E-state index in [4.69, 9.17) is 9.88 Å². The maximum absolute atomic E-state index is 13.7. The van der Waals surface area contributed by atoms with Crippen LogP contribution in [0.15, 0.2) is 21.5 Å². The van der Waals surface area contributed by atoms with E-state index in [9.17, 15) is 17.6 Å². The molecule has 1 fully saturated rings. The van der Waals surface area contributed by atoms with Crippen LogP contribution in [0.3, 0.4) is 0 Å². The summed E-state index contributed by atoms with van der Waals surface area (Å²) >= 11 is 3.08. The van der Waals surface area contributed by atoms with Crippen LogP contribution in [-0.4, -0.2) is 38.9 Å². The fourth-order valence-corrected chi connectivity index (χ4v) is 3.07. The van der Waals surface area contributed by atoms with Gasteiger partial charge in [0.1, 0.15) is 16.5 Å². The number of likely N-dealkylation sites (N-methyl/N-ethyl adjacent to an activating group) is 1. The molecule has 1 amide bonds. The average Bonchev–Trinajstić information content (AvgIpc) is 2.64.